The number of sulfonamides is 1. The van der Waals surface area contributed by atoms with Gasteiger partial charge in [-0.2, -0.15) is 0 Å². The van der Waals surface area contributed by atoms with Crippen molar-refractivity contribution in [3.8, 4) is 11.5 Å². The minimum Gasteiger partial charge on any atom is -0.456 e. The molecule has 1 aliphatic heterocycles. The molecule has 278 valence electrons. The summed E-state index contributed by atoms with van der Waals surface area (Å²) in [7, 11) is -4.17. The number of aromatic amines is 1. The molecule has 8 rings (SSSR count). The lowest BCUT2D eigenvalue weighted by Crippen LogP contribution is -2.49. The van der Waals surface area contributed by atoms with Crippen molar-refractivity contribution in [2.24, 2.45) is 11.3 Å². The van der Waals surface area contributed by atoms with Crippen LogP contribution >= 0.6 is 11.6 Å². The smallest absolute Gasteiger partial charge is 0.268 e. The van der Waals surface area contributed by atoms with E-state index in [1.54, 1.807) is 18.2 Å². The van der Waals surface area contributed by atoms with Crippen LogP contribution in [0.1, 0.15) is 54.9 Å². The van der Waals surface area contributed by atoms with E-state index in [1.807, 2.05) is 79.0 Å². The van der Waals surface area contributed by atoms with E-state index >= 15 is 0 Å². The lowest BCUT2D eigenvalue weighted by Gasteiger charge is -2.44. The maximum Gasteiger partial charge on any atom is 0.268 e. The van der Waals surface area contributed by atoms with Crippen LogP contribution in [-0.2, 0) is 10.0 Å². The minimum absolute atomic E-state index is 0.0147. The number of aromatic nitrogens is 1. The first-order chi connectivity index (χ1) is 26.0. The van der Waals surface area contributed by atoms with Crippen molar-refractivity contribution in [2.45, 2.75) is 43.9 Å². The van der Waals surface area contributed by atoms with Gasteiger partial charge < -0.3 is 14.6 Å². The van der Waals surface area contributed by atoms with Crippen LogP contribution < -0.4 is 14.4 Å². The average Bonchev–Trinajstić information content (AvgIpc) is 3.64. The predicted octanol–water partition coefficient (Wildman–Crippen LogP) is 9.62. The van der Waals surface area contributed by atoms with E-state index < -0.39 is 15.9 Å². The molecule has 1 aromatic heterocycles. The summed E-state index contributed by atoms with van der Waals surface area (Å²) in [5.41, 5.74) is 3.71. The molecule has 0 spiro atoms. The van der Waals surface area contributed by atoms with Gasteiger partial charge in [0, 0.05) is 66.6 Å². The first-order valence-corrected chi connectivity index (χ1v) is 20.5. The molecular weight excluding hydrogens is 716 g/mol. The van der Waals surface area contributed by atoms with Gasteiger partial charge in [0.1, 0.15) is 11.5 Å². The molecule has 10 heteroatoms. The number of fused-ring (bicyclic) bond motifs is 2. The molecule has 1 aliphatic carbocycles. The van der Waals surface area contributed by atoms with E-state index in [1.165, 1.54) is 30.9 Å². The van der Waals surface area contributed by atoms with Gasteiger partial charge in [-0.1, -0.05) is 67.9 Å². The number of ether oxygens (including phenoxy) is 1. The first kappa shape index (κ1) is 36.2. The zero-order chi connectivity index (χ0) is 37.5. The highest BCUT2D eigenvalue weighted by molar-refractivity contribution is 7.90. The van der Waals surface area contributed by atoms with Crippen LogP contribution in [0.3, 0.4) is 0 Å². The molecule has 2 atom stereocenters. The van der Waals surface area contributed by atoms with Crippen molar-refractivity contribution in [3.05, 3.63) is 132 Å². The number of hydrogen-bond acceptors (Lipinski definition) is 6. The van der Waals surface area contributed by atoms with E-state index in [0.29, 0.717) is 23.0 Å². The average molecular weight is 761 g/mol. The van der Waals surface area contributed by atoms with Crippen LogP contribution in [0.15, 0.2) is 120 Å². The molecule has 0 bridgehead atoms. The number of rotatable bonds is 9. The van der Waals surface area contributed by atoms with Crippen molar-refractivity contribution in [1.82, 2.24) is 14.6 Å². The van der Waals surface area contributed by atoms with Crippen LogP contribution in [0, 0.1) is 11.3 Å². The molecule has 1 saturated carbocycles. The second-order valence-corrected chi connectivity index (χ2v) is 17.7. The molecule has 2 aliphatic rings. The zero-order valence-electron chi connectivity index (χ0n) is 30.6. The third-order valence-electron chi connectivity index (χ3n) is 11.3. The highest BCUT2D eigenvalue weighted by atomic mass is 35.5. The number of anilines is 1. The Labute approximate surface area is 322 Å². The monoisotopic (exact) mass is 760 g/mol. The van der Waals surface area contributed by atoms with E-state index in [-0.39, 0.29) is 16.2 Å². The summed E-state index contributed by atoms with van der Waals surface area (Å²) in [6.45, 7) is 9.30. The number of amides is 1. The predicted molar refractivity (Wildman–Crippen MR) is 217 cm³/mol. The Morgan fingerprint density at radius 3 is 2.44 bits per heavy atom. The van der Waals surface area contributed by atoms with Gasteiger partial charge in [0.2, 0.25) is 0 Å². The molecule has 0 radical (unpaired) electrons. The summed E-state index contributed by atoms with van der Waals surface area (Å²) in [6.07, 6.45) is 5.46. The van der Waals surface area contributed by atoms with Crippen LogP contribution in [-0.4, -0.2) is 56.9 Å². The number of H-pyrrole nitrogens is 1. The summed E-state index contributed by atoms with van der Waals surface area (Å²) < 4.78 is 35.7. The molecule has 6 aromatic rings. The van der Waals surface area contributed by atoms with Gasteiger partial charge in [-0.05, 0) is 114 Å². The van der Waals surface area contributed by atoms with Gasteiger partial charge in [0.25, 0.3) is 15.9 Å². The van der Waals surface area contributed by atoms with Crippen molar-refractivity contribution < 1.29 is 17.9 Å². The van der Waals surface area contributed by atoms with Gasteiger partial charge in [0.05, 0.1) is 10.5 Å². The summed E-state index contributed by atoms with van der Waals surface area (Å²) in [6, 6.07) is 33.8. The fourth-order valence-electron chi connectivity index (χ4n) is 8.25. The van der Waals surface area contributed by atoms with E-state index in [2.05, 4.69) is 45.5 Å². The summed E-state index contributed by atoms with van der Waals surface area (Å²) in [4.78, 5) is 21.9. The lowest BCUT2D eigenvalue weighted by molar-refractivity contribution is 0.0979. The Morgan fingerprint density at radius 2 is 1.65 bits per heavy atom. The summed E-state index contributed by atoms with van der Waals surface area (Å²) >= 11 is 6.25. The van der Waals surface area contributed by atoms with E-state index in [0.717, 1.165) is 65.1 Å². The topological polar surface area (TPSA) is 94.7 Å². The molecule has 54 heavy (non-hydrogen) atoms. The second kappa shape index (κ2) is 14.8. The van der Waals surface area contributed by atoms with Crippen LogP contribution in [0.4, 0.5) is 5.69 Å². The van der Waals surface area contributed by atoms with Gasteiger partial charge in [-0.3, -0.25) is 9.69 Å². The number of piperazine rings is 1. The van der Waals surface area contributed by atoms with E-state index in [9.17, 15) is 13.2 Å². The number of carbonyl (C=O) groups is 1. The Bertz CT molecular complexity index is 2420. The Kier molecular flexibility index (Phi) is 9.89. The number of nitrogens with one attached hydrogen (secondary N) is 2. The van der Waals surface area contributed by atoms with Gasteiger partial charge >= 0.3 is 0 Å². The third-order valence-corrected chi connectivity index (χ3v) is 12.9. The molecule has 5 aromatic carbocycles. The third kappa shape index (κ3) is 7.85. The summed E-state index contributed by atoms with van der Waals surface area (Å²) in [5, 5.41) is 3.42. The van der Waals surface area contributed by atoms with Crippen molar-refractivity contribution in [1.29, 1.82) is 0 Å². The van der Waals surface area contributed by atoms with Gasteiger partial charge in [-0.15, -0.1) is 0 Å². The van der Waals surface area contributed by atoms with Gasteiger partial charge in [-0.25, -0.2) is 13.1 Å². The normalized spacial score (nSPS) is 19.2. The summed E-state index contributed by atoms with van der Waals surface area (Å²) in [5.74, 6) is 1.14. The van der Waals surface area contributed by atoms with Crippen LogP contribution in [0.25, 0.3) is 21.7 Å². The Balaban J connectivity index is 1.01. The molecule has 8 nitrogen and oxygen atoms in total. The Hall–Kier alpha value is -4.83. The number of carbonyl (C=O) groups excluding carboxylic acids is 1. The quantitative estimate of drug-likeness (QED) is 0.153. The van der Waals surface area contributed by atoms with Crippen molar-refractivity contribution in [2.75, 3.05) is 37.6 Å². The maximum absolute atomic E-state index is 13.8. The molecule has 1 amide bonds. The largest absolute Gasteiger partial charge is 0.456 e. The first-order valence-electron chi connectivity index (χ1n) is 18.7. The number of benzene rings is 5. The molecule has 2 fully saturated rings. The number of halogens is 1. The second-order valence-electron chi connectivity index (χ2n) is 15.6. The maximum atomic E-state index is 13.8. The number of hydrogen-bond donors (Lipinski definition) is 2. The highest BCUT2D eigenvalue weighted by Crippen LogP contribution is 2.47. The van der Waals surface area contributed by atoms with Crippen LogP contribution in [0.2, 0.25) is 5.02 Å². The molecule has 2 heterocycles. The standard InChI is InChI=1S/C44H45ClN4O4S/c1-44(2)19-17-34(40(28-44)31-7-10-35(45)11-8-31)29-48-21-23-49(24-22-48)36-12-15-39(42(27-36)53-37-13-16-41-33(25-37)18-20-46-41)43(50)47-54(51,52)38-14-9-30-5-3-4-6-32(30)26-38/h3-16,18,20,25-27,34,40,46H,17,19,21-24,28-29H2,1-2H3,(H,47,50). The van der Waals surface area contributed by atoms with Gasteiger partial charge in [0.15, 0.2) is 0 Å². The minimum atomic E-state index is -4.17. The number of nitrogens with zero attached hydrogens (tertiary/aromatic N) is 2. The SMILES string of the molecule is CC1(C)CCC(CN2CCN(c3ccc(C(=O)NS(=O)(=O)c4ccc5ccccc5c4)c(Oc4ccc5[nH]ccc5c4)c3)CC2)C(c2ccc(Cl)cc2)C1. The Morgan fingerprint density at radius 1 is 0.870 bits per heavy atom. The highest BCUT2D eigenvalue weighted by Gasteiger charge is 2.37. The zero-order valence-corrected chi connectivity index (χ0v) is 32.2. The van der Waals surface area contributed by atoms with Crippen molar-refractivity contribution in [3.63, 3.8) is 0 Å². The molecule has 2 unspecified atom stereocenters. The van der Waals surface area contributed by atoms with E-state index in [4.69, 9.17) is 16.3 Å². The molecular formula is C44H45ClN4O4S. The molecule has 1 saturated heterocycles. The van der Waals surface area contributed by atoms with Crippen LogP contribution in [0.5, 0.6) is 11.5 Å². The fourth-order valence-corrected chi connectivity index (χ4v) is 9.38. The fraction of sp³-hybridized carbons (Fsp3) is 0.295. The lowest BCUT2D eigenvalue weighted by atomic mass is 9.65. The molecule has 2 N–H and O–H groups in total. The van der Waals surface area contributed by atoms with Crippen molar-refractivity contribution >= 4 is 54.9 Å².